The number of carbonyl (C=O) groups excluding carboxylic acids is 1. The molecule has 0 spiro atoms. The highest BCUT2D eigenvalue weighted by Crippen LogP contribution is 2.09. The molecule has 9 heavy (non-hydrogen) atoms. The van der Waals surface area contributed by atoms with Crippen LogP contribution in [0.25, 0.3) is 0 Å². The van der Waals surface area contributed by atoms with Gasteiger partial charge in [-0.1, -0.05) is 0 Å². The van der Waals surface area contributed by atoms with Crippen molar-refractivity contribution in [2.75, 3.05) is 0 Å². The minimum atomic E-state index is -0.0362. The average Bonchev–Trinajstić information content (AvgIpc) is 2.34. The normalized spacial score (nSPS) is 9.44. The van der Waals surface area contributed by atoms with Crippen LogP contribution in [0, 0.1) is 0 Å². The van der Waals surface area contributed by atoms with Crippen LogP contribution in [0.2, 0.25) is 0 Å². The Morgan fingerprint density at radius 2 is 2.67 bits per heavy atom. The molecule has 1 rings (SSSR count). The molecule has 1 heterocycles. The van der Waals surface area contributed by atoms with E-state index < -0.39 is 0 Å². The van der Waals surface area contributed by atoms with Crippen molar-refractivity contribution in [3.05, 3.63) is 16.1 Å². The fourth-order valence-electron chi connectivity index (χ4n) is 0.450. The van der Waals surface area contributed by atoms with Crippen molar-refractivity contribution in [2.24, 2.45) is 0 Å². The number of hydrogen-bond donors (Lipinski definition) is 1. The Morgan fingerprint density at radius 3 is 3.00 bits per heavy atom. The SMILES string of the molecule is O=Cc1ncc(CO)s1. The van der Waals surface area contributed by atoms with Crippen LogP contribution in [0.3, 0.4) is 0 Å². The molecule has 4 heteroatoms. The predicted molar refractivity (Wildman–Crippen MR) is 33.4 cm³/mol. The number of thiazole rings is 1. The summed E-state index contributed by atoms with van der Waals surface area (Å²) in [6, 6.07) is 0. The number of hydrogen-bond acceptors (Lipinski definition) is 4. The second-order valence-corrected chi connectivity index (χ2v) is 2.59. The molecule has 0 amide bonds. The molecule has 0 aliphatic rings. The van der Waals surface area contributed by atoms with Crippen molar-refractivity contribution in [1.82, 2.24) is 4.98 Å². The largest absolute Gasteiger partial charge is 0.391 e. The molecule has 0 bridgehead atoms. The van der Waals surface area contributed by atoms with Crippen LogP contribution in [-0.4, -0.2) is 16.4 Å². The predicted octanol–water partition coefficient (Wildman–Crippen LogP) is 0.448. The summed E-state index contributed by atoms with van der Waals surface area (Å²) in [4.78, 5) is 14.4. The molecular formula is C5H5NO2S. The van der Waals surface area contributed by atoms with Crippen molar-refractivity contribution in [1.29, 1.82) is 0 Å². The second kappa shape index (κ2) is 2.70. The lowest BCUT2D eigenvalue weighted by Gasteiger charge is -1.78. The maximum atomic E-state index is 10.0. The van der Waals surface area contributed by atoms with E-state index in [2.05, 4.69) is 4.98 Å². The Balaban J connectivity index is 2.86. The summed E-state index contributed by atoms with van der Waals surface area (Å²) in [5.74, 6) is 0. The Bertz CT molecular complexity index is 208. The molecule has 0 fully saturated rings. The average molecular weight is 143 g/mol. The standard InChI is InChI=1S/C5H5NO2S/c7-2-4-1-6-5(3-8)9-4/h1,3,7H,2H2. The molecule has 3 nitrogen and oxygen atoms in total. The van der Waals surface area contributed by atoms with E-state index in [4.69, 9.17) is 5.11 Å². The first-order valence-corrected chi connectivity index (χ1v) is 3.19. The van der Waals surface area contributed by atoms with Gasteiger partial charge in [-0.3, -0.25) is 4.79 Å². The van der Waals surface area contributed by atoms with E-state index in [1.807, 2.05) is 0 Å². The smallest absolute Gasteiger partial charge is 0.178 e. The van der Waals surface area contributed by atoms with Gasteiger partial charge >= 0.3 is 0 Å². The lowest BCUT2D eigenvalue weighted by molar-refractivity contribution is 0.112. The molecule has 1 aromatic heterocycles. The number of nitrogens with zero attached hydrogens (tertiary/aromatic N) is 1. The second-order valence-electron chi connectivity index (χ2n) is 1.44. The molecule has 0 radical (unpaired) electrons. The summed E-state index contributed by atoms with van der Waals surface area (Å²) in [5.41, 5.74) is 0. The quantitative estimate of drug-likeness (QED) is 0.611. The topological polar surface area (TPSA) is 50.2 Å². The Kier molecular flexibility index (Phi) is 1.92. The number of aldehydes is 1. The highest BCUT2D eigenvalue weighted by Gasteiger charge is 1.96. The van der Waals surface area contributed by atoms with Crippen LogP contribution < -0.4 is 0 Å². The zero-order chi connectivity index (χ0) is 6.69. The third kappa shape index (κ3) is 1.34. The molecule has 0 atom stereocenters. The van der Waals surface area contributed by atoms with E-state index in [0.29, 0.717) is 11.3 Å². The van der Waals surface area contributed by atoms with Gasteiger partial charge in [0, 0.05) is 6.20 Å². The van der Waals surface area contributed by atoms with Gasteiger partial charge in [-0.15, -0.1) is 11.3 Å². The van der Waals surface area contributed by atoms with Crippen molar-refractivity contribution in [3.63, 3.8) is 0 Å². The summed E-state index contributed by atoms with van der Waals surface area (Å²) in [6.45, 7) is -0.0362. The highest BCUT2D eigenvalue weighted by molar-refractivity contribution is 7.13. The van der Waals surface area contributed by atoms with E-state index in [0.717, 1.165) is 4.88 Å². The van der Waals surface area contributed by atoms with Crippen LogP contribution in [-0.2, 0) is 6.61 Å². The fraction of sp³-hybridized carbons (Fsp3) is 0.200. The summed E-state index contributed by atoms with van der Waals surface area (Å²) >= 11 is 1.20. The van der Waals surface area contributed by atoms with Gasteiger partial charge in [-0.25, -0.2) is 4.98 Å². The number of aliphatic hydroxyl groups is 1. The number of aliphatic hydroxyl groups excluding tert-OH is 1. The third-order valence-electron chi connectivity index (χ3n) is 0.828. The van der Waals surface area contributed by atoms with Gasteiger partial charge in [-0.2, -0.15) is 0 Å². The third-order valence-corrected chi connectivity index (χ3v) is 1.74. The van der Waals surface area contributed by atoms with Crippen molar-refractivity contribution >= 4 is 17.6 Å². The van der Waals surface area contributed by atoms with Crippen LogP contribution in [0.1, 0.15) is 14.7 Å². The van der Waals surface area contributed by atoms with E-state index >= 15 is 0 Å². The maximum Gasteiger partial charge on any atom is 0.178 e. The van der Waals surface area contributed by atoms with Gasteiger partial charge in [0.05, 0.1) is 11.5 Å². The zero-order valence-electron chi connectivity index (χ0n) is 4.57. The van der Waals surface area contributed by atoms with Gasteiger partial charge in [-0.05, 0) is 0 Å². The fourth-order valence-corrected chi connectivity index (χ4v) is 1.04. The molecule has 48 valence electrons. The molecule has 0 aliphatic heterocycles. The van der Waals surface area contributed by atoms with Gasteiger partial charge in [0.1, 0.15) is 0 Å². The summed E-state index contributed by atoms with van der Waals surface area (Å²) < 4.78 is 0. The molecule has 0 saturated heterocycles. The zero-order valence-corrected chi connectivity index (χ0v) is 5.39. The Hall–Kier alpha value is -0.740. The minimum absolute atomic E-state index is 0.0362. The summed E-state index contributed by atoms with van der Waals surface area (Å²) in [5, 5.41) is 8.92. The first kappa shape index (κ1) is 6.38. The molecule has 0 unspecified atom stereocenters. The van der Waals surface area contributed by atoms with E-state index in [1.165, 1.54) is 17.5 Å². The first-order chi connectivity index (χ1) is 4.36. The van der Waals surface area contributed by atoms with Crippen molar-refractivity contribution in [3.8, 4) is 0 Å². The molecule has 0 aromatic carbocycles. The van der Waals surface area contributed by atoms with Gasteiger partial charge in [0.15, 0.2) is 11.3 Å². The Morgan fingerprint density at radius 1 is 1.89 bits per heavy atom. The maximum absolute atomic E-state index is 10.0. The Labute approximate surface area is 56.0 Å². The first-order valence-electron chi connectivity index (χ1n) is 2.37. The highest BCUT2D eigenvalue weighted by atomic mass is 32.1. The van der Waals surface area contributed by atoms with Crippen LogP contribution in [0.4, 0.5) is 0 Å². The number of carbonyl (C=O) groups is 1. The molecule has 1 N–H and O–H groups in total. The van der Waals surface area contributed by atoms with E-state index in [1.54, 1.807) is 0 Å². The lowest BCUT2D eigenvalue weighted by Crippen LogP contribution is -1.70. The van der Waals surface area contributed by atoms with Crippen molar-refractivity contribution in [2.45, 2.75) is 6.61 Å². The van der Waals surface area contributed by atoms with Gasteiger partial charge < -0.3 is 5.11 Å². The molecular weight excluding hydrogens is 138 g/mol. The molecule has 1 aromatic rings. The van der Waals surface area contributed by atoms with Crippen LogP contribution >= 0.6 is 11.3 Å². The monoisotopic (exact) mass is 143 g/mol. The summed E-state index contributed by atoms with van der Waals surface area (Å²) in [6.07, 6.45) is 2.16. The van der Waals surface area contributed by atoms with Gasteiger partial charge in [0.2, 0.25) is 0 Å². The van der Waals surface area contributed by atoms with E-state index in [9.17, 15) is 4.79 Å². The molecule has 0 saturated carbocycles. The van der Waals surface area contributed by atoms with Crippen LogP contribution in [0.15, 0.2) is 6.20 Å². The summed E-state index contributed by atoms with van der Waals surface area (Å²) in [7, 11) is 0. The number of rotatable bonds is 2. The van der Waals surface area contributed by atoms with Crippen LogP contribution in [0.5, 0.6) is 0 Å². The minimum Gasteiger partial charge on any atom is -0.391 e. The molecule has 0 aliphatic carbocycles. The lowest BCUT2D eigenvalue weighted by atomic mass is 10.6. The number of aromatic nitrogens is 1. The van der Waals surface area contributed by atoms with Crippen molar-refractivity contribution < 1.29 is 9.90 Å². The van der Waals surface area contributed by atoms with Gasteiger partial charge in [0.25, 0.3) is 0 Å². The van der Waals surface area contributed by atoms with E-state index in [-0.39, 0.29) is 6.61 Å².